The van der Waals surface area contributed by atoms with E-state index in [1.807, 2.05) is 45.1 Å². The normalized spacial score (nSPS) is 10.6. The maximum absolute atomic E-state index is 11.4. The van der Waals surface area contributed by atoms with Gasteiger partial charge < -0.3 is 18.9 Å². The van der Waals surface area contributed by atoms with Crippen LogP contribution in [0.5, 0.6) is 23.0 Å². The maximum atomic E-state index is 11.4. The van der Waals surface area contributed by atoms with Crippen LogP contribution >= 0.6 is 0 Å². The molecule has 2 aromatic carbocycles. The Morgan fingerprint density at radius 3 is 2.44 bits per heavy atom. The first kappa shape index (κ1) is 20.7. The van der Waals surface area contributed by atoms with Gasteiger partial charge in [-0.15, -0.1) is 0 Å². The molecule has 5 nitrogen and oxygen atoms in total. The van der Waals surface area contributed by atoms with E-state index in [2.05, 4.69) is 13.8 Å². The molecular weight excluding hydrogens is 343 g/mol. The summed E-state index contributed by atoms with van der Waals surface area (Å²) in [4.78, 5) is 11.4. The fraction of sp³-hybridized carbons (Fsp3) is 0.381. The highest BCUT2D eigenvalue weighted by atomic mass is 16.6. The number of benzene rings is 2. The summed E-state index contributed by atoms with van der Waals surface area (Å²) in [5, 5.41) is 0. The van der Waals surface area contributed by atoms with Crippen LogP contribution in [0.4, 0.5) is 0 Å². The molecule has 0 radical (unpaired) electrons. The number of aryl methyl sites for hydroxylation is 1. The predicted octanol–water partition coefficient (Wildman–Crippen LogP) is 3.02. The highest BCUT2D eigenvalue weighted by Crippen LogP contribution is 2.28. The zero-order chi connectivity index (χ0) is 19.8. The second-order valence-electron chi connectivity index (χ2n) is 6.81. The Kier molecular flexibility index (Phi) is 7.59. The maximum Gasteiger partial charge on any atom is 0.344 e. The van der Waals surface area contributed by atoms with Gasteiger partial charge in [0.25, 0.3) is 0 Å². The summed E-state index contributed by atoms with van der Waals surface area (Å²) in [6.07, 6.45) is 0. The summed E-state index contributed by atoms with van der Waals surface area (Å²) in [5.74, 6) is 2.90. The molecule has 144 valence electrons. The second kappa shape index (κ2) is 9.90. The third-order valence-corrected chi connectivity index (χ3v) is 3.64. The highest BCUT2D eigenvalue weighted by Gasteiger charge is 2.08. The van der Waals surface area contributed by atoms with Crippen LogP contribution in [0.3, 0.4) is 0 Å². The number of rotatable bonds is 9. The van der Waals surface area contributed by atoms with Crippen molar-refractivity contribution in [2.24, 2.45) is 5.92 Å². The van der Waals surface area contributed by atoms with Crippen LogP contribution in [0.1, 0.15) is 26.3 Å². The van der Waals surface area contributed by atoms with Crippen LogP contribution in [0.15, 0.2) is 36.4 Å². The van der Waals surface area contributed by atoms with E-state index >= 15 is 0 Å². The van der Waals surface area contributed by atoms with Gasteiger partial charge in [0.15, 0.2) is 6.61 Å². The highest BCUT2D eigenvalue weighted by molar-refractivity contribution is 6.32. The van der Waals surface area contributed by atoms with Crippen molar-refractivity contribution in [1.82, 2.24) is 0 Å². The topological polar surface area (TPSA) is 54.0 Å². The SMILES string of the molecule is Bc1cc(OCC(C)C)cc(Oc2ccc(OCC(=O)OCC)c(C)c2)c1. The summed E-state index contributed by atoms with van der Waals surface area (Å²) in [6.45, 7) is 8.79. The van der Waals surface area contributed by atoms with Crippen molar-refractivity contribution in [2.45, 2.75) is 27.7 Å². The van der Waals surface area contributed by atoms with E-state index in [1.165, 1.54) is 0 Å². The van der Waals surface area contributed by atoms with Crippen LogP contribution in [0.2, 0.25) is 0 Å². The standard InChI is InChI=1S/C21H27BO5/c1-5-24-21(23)13-26-20-7-6-17(8-15(20)4)27-19-10-16(22)9-18(11-19)25-12-14(2)3/h6-11,14H,5,12-13,22H2,1-4H3. The van der Waals surface area contributed by atoms with Crippen molar-refractivity contribution in [3.05, 3.63) is 42.0 Å². The van der Waals surface area contributed by atoms with Gasteiger partial charge in [0.05, 0.1) is 13.2 Å². The number of carbonyl (C=O) groups is 1. The molecule has 2 aromatic rings. The Hall–Kier alpha value is -2.63. The largest absolute Gasteiger partial charge is 0.493 e. The Labute approximate surface area is 162 Å². The number of esters is 1. The van der Waals surface area contributed by atoms with E-state index in [0.29, 0.717) is 36.4 Å². The van der Waals surface area contributed by atoms with Crippen LogP contribution in [-0.4, -0.2) is 33.6 Å². The number of hydrogen-bond acceptors (Lipinski definition) is 5. The Bertz CT molecular complexity index is 773. The summed E-state index contributed by atoms with van der Waals surface area (Å²) in [5.41, 5.74) is 1.94. The van der Waals surface area contributed by atoms with Gasteiger partial charge in [-0.05, 0) is 55.7 Å². The fourth-order valence-electron chi connectivity index (χ4n) is 2.44. The molecule has 0 bridgehead atoms. The van der Waals surface area contributed by atoms with Gasteiger partial charge in [-0.25, -0.2) is 4.79 Å². The Morgan fingerprint density at radius 2 is 1.78 bits per heavy atom. The smallest absolute Gasteiger partial charge is 0.344 e. The number of hydrogen-bond donors (Lipinski definition) is 0. The molecule has 0 aliphatic rings. The second-order valence-corrected chi connectivity index (χ2v) is 6.81. The van der Waals surface area contributed by atoms with E-state index in [-0.39, 0.29) is 12.6 Å². The van der Waals surface area contributed by atoms with Crippen LogP contribution in [0, 0.1) is 12.8 Å². The summed E-state index contributed by atoms with van der Waals surface area (Å²) in [7, 11) is 2.01. The summed E-state index contributed by atoms with van der Waals surface area (Å²) < 4.78 is 22.1. The van der Waals surface area contributed by atoms with Crippen molar-refractivity contribution in [3.63, 3.8) is 0 Å². The lowest BCUT2D eigenvalue weighted by molar-refractivity contribution is -0.145. The monoisotopic (exact) mass is 370 g/mol. The average Bonchev–Trinajstić information content (AvgIpc) is 2.59. The number of carbonyl (C=O) groups excluding carboxylic acids is 1. The van der Waals surface area contributed by atoms with Crippen molar-refractivity contribution >= 4 is 19.3 Å². The summed E-state index contributed by atoms with van der Waals surface area (Å²) >= 11 is 0. The lowest BCUT2D eigenvalue weighted by Gasteiger charge is -2.13. The lowest BCUT2D eigenvalue weighted by Crippen LogP contribution is -2.14. The molecule has 0 N–H and O–H groups in total. The minimum atomic E-state index is -0.383. The van der Waals surface area contributed by atoms with Crippen LogP contribution < -0.4 is 19.7 Å². The molecule has 0 aliphatic carbocycles. The quantitative estimate of drug-likeness (QED) is 0.502. The Morgan fingerprint density at radius 1 is 1.04 bits per heavy atom. The molecular formula is C21H27BO5. The van der Waals surface area contributed by atoms with Crippen molar-refractivity contribution < 1.29 is 23.7 Å². The minimum absolute atomic E-state index is 0.108. The van der Waals surface area contributed by atoms with Crippen molar-refractivity contribution in [2.75, 3.05) is 19.8 Å². The molecule has 0 aromatic heterocycles. The third kappa shape index (κ3) is 6.89. The van der Waals surface area contributed by atoms with E-state index in [0.717, 1.165) is 16.8 Å². The zero-order valence-electron chi connectivity index (χ0n) is 16.7. The first-order valence-corrected chi connectivity index (χ1v) is 9.18. The van der Waals surface area contributed by atoms with Crippen LogP contribution in [-0.2, 0) is 9.53 Å². The van der Waals surface area contributed by atoms with Gasteiger partial charge >= 0.3 is 5.97 Å². The molecule has 0 spiro atoms. The Balaban J connectivity index is 2.05. The molecule has 0 unspecified atom stereocenters. The molecule has 0 heterocycles. The molecule has 0 saturated heterocycles. The van der Waals surface area contributed by atoms with Crippen molar-refractivity contribution in [1.29, 1.82) is 0 Å². The fourth-order valence-corrected chi connectivity index (χ4v) is 2.44. The van der Waals surface area contributed by atoms with Gasteiger partial charge in [0, 0.05) is 6.07 Å². The molecule has 0 atom stereocenters. The zero-order valence-corrected chi connectivity index (χ0v) is 16.7. The molecule has 0 fully saturated rings. The molecule has 0 amide bonds. The van der Waals surface area contributed by atoms with Gasteiger partial charge in [-0.1, -0.05) is 19.3 Å². The van der Waals surface area contributed by atoms with Gasteiger partial charge in [0.1, 0.15) is 30.8 Å². The van der Waals surface area contributed by atoms with Gasteiger partial charge in [-0.2, -0.15) is 0 Å². The first-order chi connectivity index (χ1) is 12.9. The van der Waals surface area contributed by atoms with Gasteiger partial charge in [0.2, 0.25) is 0 Å². The number of ether oxygens (including phenoxy) is 4. The van der Waals surface area contributed by atoms with E-state index < -0.39 is 0 Å². The van der Waals surface area contributed by atoms with Crippen LogP contribution in [0.25, 0.3) is 0 Å². The average molecular weight is 370 g/mol. The van der Waals surface area contributed by atoms with E-state index in [4.69, 9.17) is 18.9 Å². The minimum Gasteiger partial charge on any atom is -0.493 e. The third-order valence-electron chi connectivity index (χ3n) is 3.64. The van der Waals surface area contributed by atoms with E-state index in [1.54, 1.807) is 13.0 Å². The van der Waals surface area contributed by atoms with E-state index in [9.17, 15) is 4.79 Å². The molecule has 0 aliphatic heterocycles. The first-order valence-electron chi connectivity index (χ1n) is 9.18. The molecule has 0 saturated carbocycles. The lowest BCUT2D eigenvalue weighted by atomic mass is 9.96. The molecule has 6 heteroatoms. The molecule has 2 rings (SSSR count). The molecule has 27 heavy (non-hydrogen) atoms. The van der Waals surface area contributed by atoms with Gasteiger partial charge in [-0.3, -0.25) is 0 Å². The summed E-state index contributed by atoms with van der Waals surface area (Å²) in [6, 6.07) is 11.3. The predicted molar refractivity (Wildman–Crippen MR) is 108 cm³/mol. The van der Waals surface area contributed by atoms with Crippen molar-refractivity contribution in [3.8, 4) is 23.0 Å².